The van der Waals surface area contributed by atoms with Gasteiger partial charge in [0.2, 0.25) is 0 Å². The fourth-order valence-corrected chi connectivity index (χ4v) is 15.4. The molecule has 0 bridgehead atoms. The molecular weight excluding hydrogens is 1240 g/mol. The number of fused-ring (bicyclic) bond motifs is 15. The van der Waals surface area contributed by atoms with Crippen molar-refractivity contribution in [3.8, 4) is 97.1 Å². The van der Waals surface area contributed by atoms with E-state index in [9.17, 15) is 8.78 Å². The number of pyridine rings is 1. The number of alkyl halides is 1. The lowest BCUT2D eigenvalue weighted by Crippen LogP contribution is -2.34. The minimum atomic E-state index is -0.828. The standard InChI is InChI=1S/C27H27N7.C26H25F2N5.C26H24N6/c1-18-14-33(17-25(18)31(2)3)26-9-8-23-22(30-26)16-32-15-21(20-6-4-19(13-28)5-7-20)12-24(32)27-29-10-11-34(23)27;1-29-12-20-15-31(16-23(20)28)22-6-7-24-19(10-22)14-32-13-18(17-2-4-21(27)5-3-17)11-25(32)26-30-8-9-33(24)26;1-30-10-8-23(17-30)29-22-6-7-24-21(12-22)16-31-15-20(19-4-2-18(14-27)3-5-19)13-25(31)26-28-9-11-32(24)26/h4-12,15,18,25H,14,16-17H2,1-3H3;2-11,13,20,23,29H,12,14-16H2,1H3;2-7,9,11-13,15,23,29H,8,10,16-17H2,1H3/t18-,25+;20-,23+;/m10./s1. The SMILES string of the molecule is CN1CCC(Nc2ccc3c(c2)Cn2cc(-c4ccc(C#N)cc4)cc2-c2nccn2-3)C1.CNC[C@H]1CN(c2ccc3c(c2)Cn2cc(-c4ccc(F)cc4)cc2-c2nccn2-3)C[C@H]1F.C[C@@H]1CN(c2ccc3c(n2)Cn2cc(-c4ccc(C#N)cc4)cc2-c2nccn2-3)C[C@@H]1N(C)C. The van der Waals surface area contributed by atoms with Crippen LogP contribution in [0.15, 0.2) is 195 Å². The molecule has 5 atom stereocenters. The second-order valence-electron chi connectivity index (χ2n) is 27.3. The molecule has 6 aliphatic rings. The molecule has 20 heteroatoms. The normalized spacial score (nSPS) is 18.4. The highest BCUT2D eigenvalue weighted by atomic mass is 19.1. The van der Waals surface area contributed by atoms with Gasteiger partial charge in [0.15, 0.2) is 17.5 Å². The number of aromatic nitrogens is 10. The van der Waals surface area contributed by atoms with Crippen molar-refractivity contribution in [1.29, 1.82) is 10.5 Å². The summed E-state index contributed by atoms with van der Waals surface area (Å²) in [5.41, 5.74) is 19.9. The van der Waals surface area contributed by atoms with E-state index >= 15 is 0 Å². The summed E-state index contributed by atoms with van der Waals surface area (Å²) in [6.45, 7) is 10.5. The molecule has 7 aromatic heterocycles. The van der Waals surface area contributed by atoms with Crippen molar-refractivity contribution in [1.82, 2.24) is 62.5 Å². The molecule has 0 amide bonds. The van der Waals surface area contributed by atoms with E-state index in [1.165, 1.54) is 35.5 Å². The molecule has 18 rings (SSSR count). The van der Waals surface area contributed by atoms with Crippen LogP contribution in [-0.2, 0) is 19.6 Å². The zero-order valence-electron chi connectivity index (χ0n) is 56.1. The molecule has 5 aromatic carbocycles. The summed E-state index contributed by atoms with van der Waals surface area (Å²) in [5, 5.41) is 25.0. The first-order chi connectivity index (χ1) is 48.3. The van der Waals surface area contributed by atoms with Gasteiger partial charge in [-0.05, 0) is 178 Å². The number of hydrogen-bond acceptors (Lipinski definition) is 12. The second kappa shape index (κ2) is 26.0. The number of rotatable bonds is 10. The average molecular weight is 1320 g/mol. The van der Waals surface area contributed by atoms with Crippen molar-refractivity contribution in [2.45, 2.75) is 51.2 Å². The van der Waals surface area contributed by atoms with Crippen LogP contribution >= 0.6 is 0 Å². The van der Waals surface area contributed by atoms with Crippen LogP contribution < -0.4 is 20.4 Å². The molecule has 3 fully saturated rings. The largest absolute Gasteiger partial charge is 0.381 e. The molecule has 0 radical (unpaired) electrons. The summed E-state index contributed by atoms with van der Waals surface area (Å²) in [5.74, 6) is 4.13. The van der Waals surface area contributed by atoms with E-state index in [0.717, 1.165) is 135 Å². The number of hydrogen-bond donors (Lipinski definition) is 2. The Morgan fingerprint density at radius 1 is 0.566 bits per heavy atom. The molecule has 18 nitrogen and oxygen atoms in total. The maximum Gasteiger partial charge on any atom is 0.161 e. The fourth-order valence-electron chi connectivity index (χ4n) is 15.4. The monoisotopic (exact) mass is 1310 g/mol. The van der Waals surface area contributed by atoms with Crippen LogP contribution in [0, 0.1) is 40.3 Å². The van der Waals surface area contributed by atoms with Crippen LogP contribution in [0.1, 0.15) is 41.3 Å². The molecule has 2 N–H and O–H groups in total. The lowest BCUT2D eigenvalue weighted by Gasteiger charge is -2.23. The molecule has 6 aliphatic heterocycles. The van der Waals surface area contributed by atoms with Crippen LogP contribution in [0.5, 0.6) is 0 Å². The van der Waals surface area contributed by atoms with E-state index in [1.54, 1.807) is 12.1 Å². The number of anilines is 3. The van der Waals surface area contributed by atoms with E-state index in [0.29, 0.717) is 61.9 Å². The minimum Gasteiger partial charge on any atom is -0.381 e. The van der Waals surface area contributed by atoms with Gasteiger partial charge >= 0.3 is 0 Å². The Hall–Kier alpha value is -11.2. The molecule has 99 heavy (non-hydrogen) atoms. The van der Waals surface area contributed by atoms with Gasteiger partial charge in [-0.1, -0.05) is 43.3 Å². The maximum absolute atomic E-state index is 14.5. The average Bonchev–Trinajstić information content (AvgIpc) is 1.62. The molecule has 13 heterocycles. The first kappa shape index (κ1) is 62.6. The Balaban J connectivity index is 0.000000116. The molecule has 496 valence electrons. The Bertz CT molecular complexity index is 5050. The predicted octanol–water partition coefficient (Wildman–Crippen LogP) is 12.9. The maximum atomic E-state index is 14.5. The van der Waals surface area contributed by atoms with Gasteiger partial charge in [-0.2, -0.15) is 10.5 Å². The molecule has 1 unspecified atom stereocenters. The van der Waals surface area contributed by atoms with Gasteiger partial charge in [-0.25, -0.2) is 28.7 Å². The van der Waals surface area contributed by atoms with Crippen molar-refractivity contribution in [3.63, 3.8) is 0 Å². The highest BCUT2D eigenvalue weighted by Gasteiger charge is 2.35. The Morgan fingerprint density at radius 2 is 1.09 bits per heavy atom. The highest BCUT2D eigenvalue weighted by molar-refractivity contribution is 5.76. The fraction of sp³-hybridized carbons (Fsp3) is 0.266. The summed E-state index contributed by atoms with van der Waals surface area (Å²) in [7, 11) is 8.37. The number of benzene rings is 5. The molecule has 0 spiro atoms. The van der Waals surface area contributed by atoms with Gasteiger partial charge in [-0.15, -0.1) is 0 Å². The van der Waals surface area contributed by atoms with Crippen molar-refractivity contribution in [3.05, 3.63) is 229 Å². The third-order valence-electron chi connectivity index (χ3n) is 20.5. The van der Waals surface area contributed by atoms with Gasteiger partial charge in [0, 0.05) is 154 Å². The lowest BCUT2D eigenvalue weighted by molar-refractivity contribution is 0.266. The Morgan fingerprint density at radius 3 is 1.62 bits per heavy atom. The third kappa shape index (κ3) is 12.0. The first-order valence-electron chi connectivity index (χ1n) is 34.0. The number of likely N-dealkylation sites (tertiary alicyclic amines) is 1. The van der Waals surface area contributed by atoms with Gasteiger partial charge in [0.25, 0.3) is 0 Å². The van der Waals surface area contributed by atoms with Gasteiger partial charge in [0.05, 0.1) is 69.6 Å². The zero-order valence-corrected chi connectivity index (χ0v) is 56.1. The number of imidazole rings is 3. The second-order valence-corrected chi connectivity index (χ2v) is 27.3. The lowest BCUT2D eigenvalue weighted by atomic mass is 10.1. The van der Waals surface area contributed by atoms with Gasteiger partial charge < -0.3 is 43.9 Å². The predicted molar refractivity (Wildman–Crippen MR) is 385 cm³/mol. The van der Waals surface area contributed by atoms with Crippen LogP contribution in [0.3, 0.4) is 0 Å². The first-order valence-corrected chi connectivity index (χ1v) is 34.0. The van der Waals surface area contributed by atoms with Gasteiger partial charge in [-0.3, -0.25) is 13.7 Å². The van der Waals surface area contributed by atoms with Crippen molar-refractivity contribution >= 4 is 17.2 Å². The van der Waals surface area contributed by atoms with Crippen LogP contribution in [0.25, 0.3) is 85.0 Å². The summed E-state index contributed by atoms with van der Waals surface area (Å²) in [4.78, 5) is 28.4. The van der Waals surface area contributed by atoms with Crippen molar-refractivity contribution in [2.75, 3.05) is 89.1 Å². The van der Waals surface area contributed by atoms with E-state index in [-0.39, 0.29) is 11.7 Å². The minimum absolute atomic E-state index is 0.00313. The summed E-state index contributed by atoms with van der Waals surface area (Å²) >= 11 is 0. The third-order valence-corrected chi connectivity index (χ3v) is 20.5. The van der Waals surface area contributed by atoms with E-state index < -0.39 is 6.17 Å². The number of nitrogens with zero attached hydrogens (tertiary/aromatic N) is 16. The van der Waals surface area contributed by atoms with Crippen molar-refractivity contribution < 1.29 is 8.78 Å². The van der Waals surface area contributed by atoms with Crippen LogP contribution in [-0.4, -0.2) is 149 Å². The quantitative estimate of drug-likeness (QED) is 0.133. The van der Waals surface area contributed by atoms with Crippen LogP contribution in [0.2, 0.25) is 0 Å². The highest BCUT2D eigenvalue weighted by Crippen LogP contribution is 2.40. The number of likely N-dealkylation sites (N-methyl/N-ethyl adjacent to an activating group) is 2. The topological polar surface area (TPSA) is 166 Å². The number of nitrogens with one attached hydrogen (secondary N) is 2. The van der Waals surface area contributed by atoms with Crippen molar-refractivity contribution in [2.24, 2.45) is 11.8 Å². The van der Waals surface area contributed by atoms with E-state index in [1.807, 2.05) is 92.8 Å². The summed E-state index contributed by atoms with van der Waals surface area (Å²) in [6.07, 6.45) is 18.4. The number of nitriles is 2. The zero-order chi connectivity index (χ0) is 67.6. The molecule has 0 aliphatic carbocycles. The van der Waals surface area contributed by atoms with Gasteiger partial charge in [0.1, 0.15) is 17.8 Å². The molecular formula is C79H76F2N18. The molecule has 12 aromatic rings. The van der Waals surface area contributed by atoms with Crippen LogP contribution in [0.4, 0.5) is 26.0 Å². The summed E-state index contributed by atoms with van der Waals surface area (Å²) < 4.78 is 41.1. The molecule has 0 saturated carbocycles. The Labute approximate surface area is 574 Å². The smallest absolute Gasteiger partial charge is 0.161 e. The Kier molecular flexibility index (Phi) is 16.5. The number of halogens is 2. The van der Waals surface area contributed by atoms with E-state index in [4.69, 9.17) is 15.5 Å². The van der Waals surface area contributed by atoms with E-state index in [2.05, 4.69) is 198 Å². The molecule has 3 saturated heterocycles. The summed E-state index contributed by atoms with van der Waals surface area (Å²) in [6, 6.07) is 51.3.